The Kier molecular flexibility index (Phi) is 4.54. The summed E-state index contributed by atoms with van der Waals surface area (Å²) in [7, 11) is 1.31. The van der Waals surface area contributed by atoms with Crippen molar-refractivity contribution in [2.75, 3.05) is 12.4 Å². The van der Waals surface area contributed by atoms with Crippen molar-refractivity contribution in [2.45, 2.75) is 26.1 Å². The Labute approximate surface area is 109 Å². The van der Waals surface area contributed by atoms with Crippen LogP contribution in [0.1, 0.15) is 27.7 Å². The number of carbonyl (C=O) groups excluding carboxylic acids is 2. The summed E-state index contributed by atoms with van der Waals surface area (Å²) in [5, 5.41) is 2.47. The van der Waals surface area contributed by atoms with Crippen LogP contribution in [-0.4, -0.2) is 24.4 Å². The van der Waals surface area contributed by atoms with Crippen LogP contribution in [0.3, 0.4) is 0 Å². The van der Waals surface area contributed by atoms with Gasteiger partial charge in [-0.15, -0.1) is 22.9 Å². The molecule has 0 saturated carbocycles. The average molecular weight is 276 g/mol. The summed E-state index contributed by atoms with van der Waals surface area (Å²) in [6.45, 7) is 5.27. The van der Waals surface area contributed by atoms with E-state index in [1.165, 1.54) is 18.4 Å². The molecule has 0 bridgehead atoms. The summed E-state index contributed by atoms with van der Waals surface area (Å²) in [4.78, 5) is 24.1. The van der Waals surface area contributed by atoms with Crippen LogP contribution in [0, 0.1) is 13.8 Å². The molecule has 0 spiro atoms. The highest BCUT2D eigenvalue weighted by atomic mass is 35.5. The van der Waals surface area contributed by atoms with Gasteiger partial charge in [-0.25, -0.2) is 4.79 Å². The number of carbonyl (C=O) groups is 2. The van der Waals surface area contributed by atoms with E-state index >= 15 is 0 Å². The third kappa shape index (κ3) is 2.98. The standard InChI is InChI=1S/C11H14ClNO3S/c1-5-7(3)17-10(8(5)11(15)16-4)13-9(14)6(2)12/h6H,1-4H3,(H,13,14). The molecule has 1 amide bonds. The zero-order valence-corrected chi connectivity index (χ0v) is 11.7. The van der Waals surface area contributed by atoms with Crippen LogP contribution in [0.4, 0.5) is 5.00 Å². The van der Waals surface area contributed by atoms with Crippen LogP contribution in [-0.2, 0) is 9.53 Å². The maximum atomic E-state index is 11.6. The second-order valence-corrected chi connectivity index (χ2v) is 5.46. The van der Waals surface area contributed by atoms with E-state index in [1.54, 1.807) is 6.92 Å². The van der Waals surface area contributed by atoms with Crippen molar-refractivity contribution in [3.63, 3.8) is 0 Å². The molecule has 0 radical (unpaired) electrons. The zero-order valence-electron chi connectivity index (χ0n) is 10.1. The Morgan fingerprint density at radius 2 is 2.00 bits per heavy atom. The molecule has 0 aliphatic carbocycles. The molecule has 0 saturated heterocycles. The number of methoxy groups -OCH3 is 1. The van der Waals surface area contributed by atoms with Gasteiger partial charge in [0.2, 0.25) is 5.91 Å². The van der Waals surface area contributed by atoms with Crippen molar-refractivity contribution in [1.82, 2.24) is 0 Å². The Hall–Kier alpha value is -1.07. The number of alkyl halides is 1. The molecule has 1 unspecified atom stereocenters. The normalized spacial score (nSPS) is 12.1. The van der Waals surface area contributed by atoms with Crippen molar-refractivity contribution >= 4 is 39.8 Å². The first-order chi connectivity index (χ1) is 7.88. The summed E-state index contributed by atoms with van der Waals surface area (Å²) < 4.78 is 4.70. The highest BCUT2D eigenvalue weighted by Gasteiger charge is 2.22. The van der Waals surface area contributed by atoms with Crippen molar-refractivity contribution < 1.29 is 14.3 Å². The van der Waals surface area contributed by atoms with Gasteiger partial charge >= 0.3 is 5.97 Å². The van der Waals surface area contributed by atoms with Crippen molar-refractivity contribution in [3.8, 4) is 0 Å². The van der Waals surface area contributed by atoms with Gasteiger partial charge in [-0.3, -0.25) is 4.79 Å². The monoisotopic (exact) mass is 275 g/mol. The second kappa shape index (κ2) is 5.51. The first-order valence-corrected chi connectivity index (χ1v) is 6.27. The van der Waals surface area contributed by atoms with Crippen molar-refractivity contribution in [1.29, 1.82) is 0 Å². The highest BCUT2D eigenvalue weighted by molar-refractivity contribution is 7.16. The fourth-order valence-corrected chi connectivity index (χ4v) is 2.38. The molecular formula is C11H14ClNO3S. The van der Waals surface area contributed by atoms with Crippen molar-refractivity contribution in [2.24, 2.45) is 0 Å². The number of esters is 1. The molecule has 0 aromatic carbocycles. The molecule has 0 aliphatic heterocycles. The number of thiophene rings is 1. The Bertz CT molecular complexity index is 454. The summed E-state index contributed by atoms with van der Waals surface area (Å²) >= 11 is 7.01. The maximum Gasteiger partial charge on any atom is 0.341 e. The van der Waals surface area contributed by atoms with Gasteiger partial charge in [0.05, 0.1) is 12.7 Å². The van der Waals surface area contributed by atoms with Crippen LogP contribution in [0.25, 0.3) is 0 Å². The zero-order chi connectivity index (χ0) is 13.2. The number of ether oxygens (including phenoxy) is 1. The maximum absolute atomic E-state index is 11.6. The lowest BCUT2D eigenvalue weighted by Gasteiger charge is -2.06. The Morgan fingerprint density at radius 3 is 2.47 bits per heavy atom. The van der Waals surface area contributed by atoms with Crippen LogP contribution in [0.5, 0.6) is 0 Å². The molecule has 17 heavy (non-hydrogen) atoms. The fraction of sp³-hybridized carbons (Fsp3) is 0.455. The summed E-state index contributed by atoms with van der Waals surface area (Å²) in [6, 6.07) is 0. The predicted molar refractivity (Wildman–Crippen MR) is 69.1 cm³/mol. The average Bonchev–Trinajstić information content (AvgIpc) is 2.53. The third-order valence-electron chi connectivity index (χ3n) is 2.37. The van der Waals surface area contributed by atoms with Gasteiger partial charge in [0, 0.05) is 4.88 Å². The molecule has 4 nitrogen and oxygen atoms in total. The molecule has 1 rings (SSSR count). The minimum Gasteiger partial charge on any atom is -0.465 e. The smallest absolute Gasteiger partial charge is 0.341 e. The van der Waals surface area contributed by atoms with E-state index in [0.717, 1.165) is 10.4 Å². The topological polar surface area (TPSA) is 55.4 Å². The molecule has 1 N–H and O–H groups in total. The van der Waals surface area contributed by atoms with Gasteiger partial charge in [-0.1, -0.05) is 0 Å². The van der Waals surface area contributed by atoms with E-state index in [9.17, 15) is 9.59 Å². The van der Waals surface area contributed by atoms with E-state index in [0.29, 0.717) is 10.6 Å². The van der Waals surface area contributed by atoms with Crippen molar-refractivity contribution in [3.05, 3.63) is 16.0 Å². The number of rotatable bonds is 3. The van der Waals surface area contributed by atoms with Crippen LogP contribution in [0.15, 0.2) is 0 Å². The van der Waals surface area contributed by atoms with Gasteiger partial charge in [-0.2, -0.15) is 0 Å². The largest absolute Gasteiger partial charge is 0.465 e. The SMILES string of the molecule is COC(=O)c1c(NC(=O)C(C)Cl)sc(C)c1C. The summed E-state index contributed by atoms with van der Waals surface area (Å²) in [5.41, 5.74) is 1.22. The first kappa shape index (κ1) is 14.0. The lowest BCUT2D eigenvalue weighted by atomic mass is 10.1. The van der Waals surface area contributed by atoms with E-state index in [1.807, 2.05) is 13.8 Å². The van der Waals surface area contributed by atoms with Gasteiger partial charge in [0.15, 0.2) is 0 Å². The minimum atomic E-state index is -0.650. The number of halogens is 1. The van der Waals surface area contributed by atoms with E-state index in [2.05, 4.69) is 5.32 Å². The molecular weight excluding hydrogens is 262 g/mol. The number of aryl methyl sites for hydroxylation is 1. The first-order valence-electron chi connectivity index (χ1n) is 5.01. The highest BCUT2D eigenvalue weighted by Crippen LogP contribution is 2.33. The molecule has 1 atom stereocenters. The number of anilines is 1. The van der Waals surface area contributed by atoms with Crippen LogP contribution >= 0.6 is 22.9 Å². The quantitative estimate of drug-likeness (QED) is 0.682. The Balaban J connectivity index is 3.11. The molecule has 94 valence electrons. The van der Waals surface area contributed by atoms with Gasteiger partial charge in [0.25, 0.3) is 0 Å². The van der Waals surface area contributed by atoms with E-state index in [4.69, 9.17) is 16.3 Å². The lowest BCUT2D eigenvalue weighted by molar-refractivity contribution is -0.115. The number of hydrogen-bond donors (Lipinski definition) is 1. The van der Waals surface area contributed by atoms with E-state index in [-0.39, 0.29) is 5.91 Å². The number of amides is 1. The molecule has 6 heteroatoms. The van der Waals surface area contributed by atoms with Crippen LogP contribution in [0.2, 0.25) is 0 Å². The number of hydrogen-bond acceptors (Lipinski definition) is 4. The van der Waals surface area contributed by atoms with Crippen LogP contribution < -0.4 is 5.32 Å². The molecule has 1 heterocycles. The van der Waals surface area contributed by atoms with Gasteiger partial charge in [0.1, 0.15) is 10.4 Å². The lowest BCUT2D eigenvalue weighted by Crippen LogP contribution is -2.21. The predicted octanol–water partition coefficient (Wildman–Crippen LogP) is 2.72. The Morgan fingerprint density at radius 1 is 1.41 bits per heavy atom. The molecule has 1 aromatic rings. The molecule has 0 aliphatic rings. The molecule has 0 fully saturated rings. The second-order valence-electron chi connectivity index (χ2n) is 3.58. The van der Waals surface area contributed by atoms with Gasteiger partial charge in [-0.05, 0) is 26.3 Å². The van der Waals surface area contributed by atoms with E-state index < -0.39 is 11.3 Å². The fourth-order valence-electron chi connectivity index (χ4n) is 1.27. The third-order valence-corrected chi connectivity index (χ3v) is 3.69. The number of nitrogens with one attached hydrogen (secondary N) is 1. The molecule has 1 aromatic heterocycles. The minimum absolute atomic E-state index is 0.335. The summed E-state index contributed by atoms with van der Waals surface area (Å²) in [5.74, 6) is -0.789. The van der Waals surface area contributed by atoms with Gasteiger partial charge < -0.3 is 10.1 Å². The summed E-state index contributed by atoms with van der Waals surface area (Å²) in [6.07, 6.45) is 0.